The molecule has 0 spiro atoms. The van der Waals surface area contributed by atoms with Crippen molar-refractivity contribution in [2.24, 2.45) is 0 Å². The monoisotopic (exact) mass is 328 g/mol. The normalized spacial score (nSPS) is 21.3. The summed E-state index contributed by atoms with van der Waals surface area (Å²) < 4.78 is 0. The molecule has 1 amide bonds. The van der Waals surface area contributed by atoms with Gasteiger partial charge in [0, 0.05) is 6.04 Å². The second kappa shape index (κ2) is 6.83. The maximum atomic E-state index is 12.7. The molecule has 122 valence electrons. The van der Waals surface area contributed by atoms with Gasteiger partial charge in [-0.25, -0.2) is 0 Å². The Labute approximate surface area is 143 Å². The van der Waals surface area contributed by atoms with Gasteiger partial charge in [-0.05, 0) is 48.2 Å². The maximum absolute atomic E-state index is 12.7. The summed E-state index contributed by atoms with van der Waals surface area (Å²) in [6, 6.07) is 8.62. The van der Waals surface area contributed by atoms with E-state index >= 15 is 0 Å². The van der Waals surface area contributed by atoms with E-state index < -0.39 is 0 Å². The van der Waals surface area contributed by atoms with Crippen LogP contribution < -0.4 is 5.32 Å². The number of carbonyl (C=O) groups excluding carboxylic acids is 1. The van der Waals surface area contributed by atoms with Crippen LogP contribution in [0.15, 0.2) is 30.0 Å². The molecule has 1 saturated heterocycles. The van der Waals surface area contributed by atoms with Crippen molar-refractivity contribution in [2.75, 3.05) is 0 Å². The minimum Gasteiger partial charge on any atom is -0.328 e. The van der Waals surface area contributed by atoms with Crippen LogP contribution in [0, 0.1) is 0 Å². The Morgan fingerprint density at radius 3 is 2.43 bits per heavy atom. The number of nitrogens with zero attached hydrogens (tertiary/aromatic N) is 1. The number of thiocarbonyl (C=S) groups is 1. The average molecular weight is 328 g/mol. The lowest BCUT2D eigenvalue weighted by Crippen LogP contribution is -2.41. The van der Waals surface area contributed by atoms with Crippen molar-refractivity contribution in [2.45, 2.75) is 57.9 Å². The van der Waals surface area contributed by atoms with Gasteiger partial charge in [0.15, 0.2) is 5.11 Å². The van der Waals surface area contributed by atoms with Crippen molar-refractivity contribution in [3.63, 3.8) is 0 Å². The third kappa shape index (κ3) is 3.47. The van der Waals surface area contributed by atoms with Gasteiger partial charge in [0.05, 0.1) is 0 Å². The van der Waals surface area contributed by atoms with Crippen molar-refractivity contribution in [1.82, 2.24) is 10.2 Å². The summed E-state index contributed by atoms with van der Waals surface area (Å²) in [6.07, 6.45) is 7.67. The standard InChI is InChI=1S/C19H24N2OS/c1-13(2)15-10-8-14(9-11-15)12-17-18(22)21(19(23)20-17)16-6-4-3-5-7-16/h8-13,16H,3-7H2,1-2H3,(H,20,23). The molecule has 1 aliphatic heterocycles. The molecule has 3 rings (SSSR count). The van der Waals surface area contributed by atoms with E-state index in [-0.39, 0.29) is 11.9 Å². The van der Waals surface area contributed by atoms with Crippen molar-refractivity contribution >= 4 is 29.3 Å². The molecular formula is C19H24N2OS. The quantitative estimate of drug-likeness (QED) is 0.667. The Morgan fingerprint density at radius 1 is 1.17 bits per heavy atom. The van der Waals surface area contributed by atoms with E-state index in [1.165, 1.54) is 24.8 Å². The topological polar surface area (TPSA) is 32.3 Å². The highest BCUT2D eigenvalue weighted by atomic mass is 32.1. The SMILES string of the molecule is CC(C)c1ccc(C=C2NC(=S)N(C3CCCCC3)C2=O)cc1. The van der Waals surface area contributed by atoms with E-state index in [9.17, 15) is 4.79 Å². The minimum atomic E-state index is 0.0230. The lowest BCUT2D eigenvalue weighted by atomic mass is 9.94. The molecule has 0 aromatic heterocycles. The summed E-state index contributed by atoms with van der Waals surface area (Å²) in [5, 5.41) is 3.67. The Hall–Kier alpha value is -1.68. The highest BCUT2D eigenvalue weighted by molar-refractivity contribution is 7.80. The summed E-state index contributed by atoms with van der Waals surface area (Å²) in [5.41, 5.74) is 2.92. The van der Waals surface area contributed by atoms with Crippen LogP contribution in [0.5, 0.6) is 0 Å². The van der Waals surface area contributed by atoms with Crippen LogP contribution in [0.4, 0.5) is 0 Å². The molecule has 0 unspecified atom stereocenters. The molecule has 23 heavy (non-hydrogen) atoms. The fraction of sp³-hybridized carbons (Fsp3) is 0.474. The van der Waals surface area contributed by atoms with Gasteiger partial charge in [-0.1, -0.05) is 57.4 Å². The van der Waals surface area contributed by atoms with Gasteiger partial charge < -0.3 is 5.32 Å². The Kier molecular flexibility index (Phi) is 4.81. The second-order valence-corrected chi connectivity index (χ2v) is 7.16. The predicted octanol–water partition coefficient (Wildman–Crippen LogP) is 4.20. The molecule has 1 N–H and O–H groups in total. The van der Waals surface area contributed by atoms with Gasteiger partial charge in [-0.15, -0.1) is 0 Å². The van der Waals surface area contributed by atoms with Crippen LogP contribution in [-0.2, 0) is 4.79 Å². The fourth-order valence-electron chi connectivity index (χ4n) is 3.36. The van der Waals surface area contributed by atoms with E-state index in [0.717, 1.165) is 18.4 Å². The third-order valence-corrected chi connectivity index (χ3v) is 5.06. The van der Waals surface area contributed by atoms with Crippen LogP contribution in [0.1, 0.15) is 63.0 Å². The molecule has 1 heterocycles. The Balaban J connectivity index is 1.78. The first-order valence-electron chi connectivity index (χ1n) is 8.52. The van der Waals surface area contributed by atoms with E-state index in [1.807, 2.05) is 6.08 Å². The summed E-state index contributed by atoms with van der Waals surface area (Å²) in [7, 11) is 0. The Bertz CT molecular complexity index is 627. The average Bonchev–Trinajstić information content (AvgIpc) is 2.82. The zero-order chi connectivity index (χ0) is 16.4. The van der Waals surface area contributed by atoms with Crippen LogP contribution in [-0.4, -0.2) is 22.0 Å². The van der Waals surface area contributed by atoms with Gasteiger partial charge in [0.2, 0.25) is 0 Å². The van der Waals surface area contributed by atoms with Gasteiger partial charge >= 0.3 is 0 Å². The first-order valence-corrected chi connectivity index (χ1v) is 8.93. The Morgan fingerprint density at radius 2 is 1.83 bits per heavy atom. The van der Waals surface area contributed by atoms with Gasteiger partial charge in [-0.2, -0.15) is 0 Å². The van der Waals surface area contributed by atoms with Crippen LogP contribution in [0.2, 0.25) is 0 Å². The number of hydrogen-bond acceptors (Lipinski definition) is 2. The summed E-state index contributed by atoms with van der Waals surface area (Å²) >= 11 is 5.40. The van der Waals surface area contributed by atoms with Gasteiger partial charge in [0.1, 0.15) is 5.70 Å². The molecule has 0 atom stereocenters. The van der Waals surface area contributed by atoms with E-state index in [0.29, 0.717) is 16.7 Å². The molecule has 3 nitrogen and oxygen atoms in total. The second-order valence-electron chi connectivity index (χ2n) is 6.78. The lowest BCUT2D eigenvalue weighted by molar-refractivity contribution is -0.124. The number of amides is 1. The van der Waals surface area contributed by atoms with E-state index in [2.05, 4.69) is 43.4 Å². The van der Waals surface area contributed by atoms with Crippen molar-refractivity contribution in [1.29, 1.82) is 0 Å². The molecule has 2 aliphatic rings. The van der Waals surface area contributed by atoms with E-state index in [4.69, 9.17) is 12.2 Å². The largest absolute Gasteiger partial charge is 0.328 e. The van der Waals surface area contributed by atoms with Crippen molar-refractivity contribution < 1.29 is 4.79 Å². The molecular weight excluding hydrogens is 304 g/mol. The number of nitrogens with one attached hydrogen (secondary N) is 1. The minimum absolute atomic E-state index is 0.0230. The summed E-state index contributed by atoms with van der Waals surface area (Å²) in [4.78, 5) is 14.5. The first kappa shape index (κ1) is 16.2. The molecule has 4 heteroatoms. The lowest BCUT2D eigenvalue weighted by Gasteiger charge is -2.29. The van der Waals surface area contributed by atoms with E-state index in [1.54, 1.807) is 4.90 Å². The zero-order valence-electron chi connectivity index (χ0n) is 13.8. The number of benzene rings is 1. The highest BCUT2D eigenvalue weighted by Crippen LogP contribution is 2.27. The number of hydrogen-bond donors (Lipinski definition) is 1. The summed E-state index contributed by atoms with van der Waals surface area (Å²) in [5.74, 6) is 0.534. The number of rotatable bonds is 3. The van der Waals surface area contributed by atoms with Crippen LogP contribution in [0.25, 0.3) is 6.08 Å². The molecule has 1 aliphatic carbocycles. The first-order chi connectivity index (χ1) is 11.1. The fourth-order valence-corrected chi connectivity index (χ4v) is 3.71. The molecule has 1 aromatic rings. The maximum Gasteiger partial charge on any atom is 0.276 e. The highest BCUT2D eigenvalue weighted by Gasteiger charge is 2.36. The molecule has 0 bridgehead atoms. The van der Waals surface area contributed by atoms with Crippen molar-refractivity contribution in [3.05, 3.63) is 41.1 Å². The van der Waals surface area contributed by atoms with Gasteiger partial charge in [-0.3, -0.25) is 9.69 Å². The molecule has 1 saturated carbocycles. The predicted molar refractivity (Wildman–Crippen MR) is 98.0 cm³/mol. The van der Waals surface area contributed by atoms with Crippen LogP contribution >= 0.6 is 12.2 Å². The summed E-state index contributed by atoms with van der Waals surface area (Å²) in [6.45, 7) is 4.35. The number of carbonyl (C=O) groups is 1. The van der Waals surface area contributed by atoms with Gasteiger partial charge in [0.25, 0.3) is 5.91 Å². The van der Waals surface area contributed by atoms with Crippen LogP contribution in [0.3, 0.4) is 0 Å². The molecule has 0 radical (unpaired) electrons. The smallest absolute Gasteiger partial charge is 0.276 e. The third-order valence-electron chi connectivity index (χ3n) is 4.76. The molecule has 1 aromatic carbocycles. The van der Waals surface area contributed by atoms with Crippen molar-refractivity contribution in [3.8, 4) is 0 Å². The zero-order valence-corrected chi connectivity index (χ0v) is 14.7. The molecule has 2 fully saturated rings.